The maximum atomic E-state index is 12.0. The fraction of sp³-hybridized carbons (Fsp3) is 0.350. The van der Waals surface area contributed by atoms with Crippen molar-refractivity contribution in [1.82, 2.24) is 5.32 Å². The third kappa shape index (κ3) is 5.58. The van der Waals surface area contributed by atoms with E-state index in [-0.39, 0.29) is 5.91 Å². The Bertz CT molecular complexity index is 717. The van der Waals surface area contributed by atoms with Crippen LogP contribution < -0.4 is 24.3 Å². The molecule has 0 fully saturated rings. The second-order valence-corrected chi connectivity index (χ2v) is 5.54. The first-order chi connectivity index (χ1) is 12.7. The molecule has 2 aromatic rings. The Morgan fingerprint density at radius 1 is 0.885 bits per heavy atom. The quantitative estimate of drug-likeness (QED) is 0.661. The maximum absolute atomic E-state index is 12.0. The Hall–Kier alpha value is -2.89. The molecule has 2 aromatic carbocycles. The summed E-state index contributed by atoms with van der Waals surface area (Å²) in [4.78, 5) is 12.0. The Labute approximate surface area is 154 Å². The molecule has 1 amide bonds. The monoisotopic (exact) mass is 359 g/mol. The second kappa shape index (κ2) is 10.2. The fourth-order valence-corrected chi connectivity index (χ4v) is 2.47. The zero-order valence-electron chi connectivity index (χ0n) is 15.4. The molecule has 0 atom stereocenters. The number of methoxy groups -OCH3 is 3. The Morgan fingerprint density at radius 3 is 2.23 bits per heavy atom. The van der Waals surface area contributed by atoms with E-state index in [1.54, 1.807) is 21.3 Å². The first-order valence-electron chi connectivity index (χ1n) is 8.41. The number of amides is 1. The van der Waals surface area contributed by atoms with Gasteiger partial charge in [-0.25, -0.2) is 0 Å². The van der Waals surface area contributed by atoms with Crippen LogP contribution in [-0.2, 0) is 11.2 Å². The van der Waals surface area contributed by atoms with Crippen LogP contribution in [0.3, 0.4) is 0 Å². The van der Waals surface area contributed by atoms with Gasteiger partial charge >= 0.3 is 0 Å². The van der Waals surface area contributed by atoms with Crippen molar-refractivity contribution in [3.8, 4) is 23.0 Å². The number of carbonyl (C=O) groups excluding carboxylic acids is 1. The first-order valence-corrected chi connectivity index (χ1v) is 8.41. The fourth-order valence-electron chi connectivity index (χ4n) is 2.47. The van der Waals surface area contributed by atoms with Gasteiger partial charge in [0.15, 0.2) is 23.0 Å². The van der Waals surface area contributed by atoms with Crippen LogP contribution in [0.2, 0.25) is 0 Å². The van der Waals surface area contributed by atoms with Crippen LogP contribution in [0.1, 0.15) is 12.0 Å². The molecule has 0 bridgehead atoms. The first kappa shape index (κ1) is 19.4. The normalized spacial score (nSPS) is 10.1. The maximum Gasteiger partial charge on any atom is 0.220 e. The summed E-state index contributed by atoms with van der Waals surface area (Å²) < 4.78 is 21.3. The average Bonchev–Trinajstić information content (AvgIpc) is 2.69. The highest BCUT2D eigenvalue weighted by atomic mass is 16.5. The molecule has 0 heterocycles. The van der Waals surface area contributed by atoms with Crippen LogP contribution in [0.4, 0.5) is 0 Å². The highest BCUT2D eigenvalue weighted by molar-refractivity contribution is 5.76. The second-order valence-electron chi connectivity index (χ2n) is 5.54. The largest absolute Gasteiger partial charge is 0.493 e. The molecule has 0 saturated heterocycles. The molecule has 0 spiro atoms. The molecule has 6 nitrogen and oxygen atoms in total. The van der Waals surface area contributed by atoms with Crippen LogP contribution in [0.15, 0.2) is 42.5 Å². The van der Waals surface area contributed by atoms with Gasteiger partial charge in [-0.2, -0.15) is 0 Å². The van der Waals surface area contributed by atoms with Crippen molar-refractivity contribution in [2.75, 3.05) is 34.5 Å². The molecule has 0 saturated carbocycles. The van der Waals surface area contributed by atoms with E-state index >= 15 is 0 Å². The van der Waals surface area contributed by atoms with Crippen LogP contribution in [0, 0.1) is 0 Å². The van der Waals surface area contributed by atoms with Gasteiger partial charge in [0, 0.05) is 6.42 Å². The third-order valence-corrected chi connectivity index (χ3v) is 3.84. The molecule has 0 aliphatic carbocycles. The van der Waals surface area contributed by atoms with Crippen molar-refractivity contribution in [1.29, 1.82) is 0 Å². The lowest BCUT2D eigenvalue weighted by atomic mass is 10.1. The van der Waals surface area contributed by atoms with Crippen molar-refractivity contribution in [3.05, 3.63) is 48.0 Å². The smallest absolute Gasteiger partial charge is 0.220 e. The topological polar surface area (TPSA) is 66.0 Å². The number of hydrogen-bond donors (Lipinski definition) is 1. The zero-order valence-corrected chi connectivity index (χ0v) is 15.4. The van der Waals surface area contributed by atoms with E-state index in [4.69, 9.17) is 18.9 Å². The van der Waals surface area contributed by atoms with Gasteiger partial charge in [0.2, 0.25) is 5.91 Å². The van der Waals surface area contributed by atoms with E-state index in [1.807, 2.05) is 42.5 Å². The van der Waals surface area contributed by atoms with Crippen molar-refractivity contribution in [2.45, 2.75) is 12.8 Å². The molecule has 1 N–H and O–H groups in total. The molecule has 2 rings (SSSR count). The van der Waals surface area contributed by atoms with E-state index in [1.165, 1.54) is 0 Å². The Balaban J connectivity index is 1.72. The Morgan fingerprint density at radius 2 is 1.54 bits per heavy atom. The van der Waals surface area contributed by atoms with E-state index < -0.39 is 0 Å². The summed E-state index contributed by atoms with van der Waals surface area (Å²) in [5.41, 5.74) is 1.02. The van der Waals surface area contributed by atoms with Crippen LogP contribution in [-0.4, -0.2) is 40.4 Å². The molecule has 6 heteroatoms. The van der Waals surface area contributed by atoms with Gasteiger partial charge in [-0.05, 0) is 36.2 Å². The third-order valence-electron chi connectivity index (χ3n) is 3.84. The predicted molar refractivity (Wildman–Crippen MR) is 99.4 cm³/mol. The number of carbonyl (C=O) groups is 1. The lowest BCUT2D eigenvalue weighted by Gasteiger charge is -2.11. The summed E-state index contributed by atoms with van der Waals surface area (Å²) in [6.45, 7) is 0.811. The summed E-state index contributed by atoms with van der Waals surface area (Å²) in [5.74, 6) is 2.65. The number of benzene rings is 2. The number of para-hydroxylation sites is 2. The summed E-state index contributed by atoms with van der Waals surface area (Å²) in [5, 5.41) is 2.85. The van der Waals surface area contributed by atoms with E-state index in [0.29, 0.717) is 49.0 Å². The van der Waals surface area contributed by atoms with Gasteiger partial charge in [0.1, 0.15) is 6.61 Å². The summed E-state index contributed by atoms with van der Waals surface area (Å²) >= 11 is 0. The molecular formula is C20H25NO5. The minimum Gasteiger partial charge on any atom is -0.493 e. The summed E-state index contributed by atoms with van der Waals surface area (Å²) in [7, 11) is 4.78. The van der Waals surface area contributed by atoms with Crippen LogP contribution in [0.25, 0.3) is 0 Å². The SMILES string of the molecule is COc1ccc(CCC(=O)NCCOc2ccccc2OC)cc1OC. The van der Waals surface area contributed by atoms with Crippen LogP contribution in [0.5, 0.6) is 23.0 Å². The number of nitrogens with one attached hydrogen (secondary N) is 1. The highest BCUT2D eigenvalue weighted by Crippen LogP contribution is 2.28. The van der Waals surface area contributed by atoms with Crippen molar-refractivity contribution < 1.29 is 23.7 Å². The number of rotatable bonds is 10. The molecule has 0 aliphatic rings. The molecule has 0 unspecified atom stereocenters. The standard InChI is InChI=1S/C20H25NO5/c1-23-16-6-4-5-7-18(16)26-13-12-21-20(22)11-9-15-8-10-17(24-2)19(14-15)25-3/h4-8,10,14H,9,11-13H2,1-3H3,(H,21,22). The van der Waals surface area contributed by atoms with Crippen molar-refractivity contribution >= 4 is 5.91 Å². The average molecular weight is 359 g/mol. The lowest BCUT2D eigenvalue weighted by Crippen LogP contribution is -2.28. The van der Waals surface area contributed by atoms with Gasteiger partial charge in [-0.3, -0.25) is 4.79 Å². The molecule has 0 aromatic heterocycles. The summed E-state index contributed by atoms with van der Waals surface area (Å²) in [6, 6.07) is 13.1. The van der Waals surface area contributed by atoms with Gasteiger partial charge in [0.05, 0.1) is 27.9 Å². The number of aryl methyl sites for hydroxylation is 1. The molecular weight excluding hydrogens is 334 g/mol. The van der Waals surface area contributed by atoms with E-state index in [0.717, 1.165) is 5.56 Å². The number of ether oxygens (including phenoxy) is 4. The van der Waals surface area contributed by atoms with Gasteiger partial charge < -0.3 is 24.3 Å². The van der Waals surface area contributed by atoms with Gasteiger partial charge in [-0.1, -0.05) is 18.2 Å². The van der Waals surface area contributed by atoms with E-state index in [2.05, 4.69) is 5.32 Å². The van der Waals surface area contributed by atoms with Gasteiger partial charge in [0.25, 0.3) is 0 Å². The van der Waals surface area contributed by atoms with Crippen molar-refractivity contribution in [3.63, 3.8) is 0 Å². The summed E-state index contributed by atoms with van der Waals surface area (Å²) in [6.07, 6.45) is 1.02. The minimum atomic E-state index is -0.0246. The van der Waals surface area contributed by atoms with Crippen LogP contribution >= 0.6 is 0 Å². The molecule has 0 aliphatic heterocycles. The lowest BCUT2D eigenvalue weighted by molar-refractivity contribution is -0.121. The van der Waals surface area contributed by atoms with E-state index in [9.17, 15) is 4.79 Å². The Kier molecular flexibility index (Phi) is 7.61. The zero-order chi connectivity index (χ0) is 18.8. The predicted octanol–water partition coefficient (Wildman–Crippen LogP) is 2.84. The highest BCUT2D eigenvalue weighted by Gasteiger charge is 2.07. The number of hydrogen-bond acceptors (Lipinski definition) is 5. The minimum absolute atomic E-state index is 0.0246. The molecule has 0 radical (unpaired) electrons. The van der Waals surface area contributed by atoms with Crippen molar-refractivity contribution in [2.24, 2.45) is 0 Å². The molecule has 26 heavy (non-hydrogen) atoms. The molecule has 140 valence electrons. The van der Waals surface area contributed by atoms with Gasteiger partial charge in [-0.15, -0.1) is 0 Å².